The van der Waals surface area contributed by atoms with Gasteiger partial charge < -0.3 is 5.32 Å². The number of halogens is 1. The maximum Gasteiger partial charge on any atom is 0.227 e. The number of aromatic amines is 1. The van der Waals surface area contributed by atoms with E-state index in [4.69, 9.17) is 11.6 Å². The number of benzene rings is 1. The number of nitrogens with one attached hydrogen (secondary N) is 2. The van der Waals surface area contributed by atoms with Crippen molar-refractivity contribution < 1.29 is 4.79 Å². The Hall–Kier alpha value is -1.81. The lowest BCUT2D eigenvalue weighted by Gasteiger charge is -2.11. The van der Waals surface area contributed by atoms with Crippen molar-refractivity contribution in [2.24, 2.45) is 11.8 Å². The molecule has 2 N–H and O–H groups in total. The number of anilines is 1. The minimum atomic E-state index is -0.0835. The SMILES string of the molecule is CC(C)Cc1[nH]nc(-c2ccc(Cl)cc2)c1NC(=O)C(C)C. The van der Waals surface area contributed by atoms with Gasteiger partial charge in [-0.05, 0) is 24.5 Å². The summed E-state index contributed by atoms with van der Waals surface area (Å²) in [6.45, 7) is 8.02. The molecule has 2 aromatic rings. The lowest BCUT2D eigenvalue weighted by atomic mass is 10.0. The van der Waals surface area contributed by atoms with E-state index in [0.29, 0.717) is 10.9 Å². The molecule has 0 aliphatic carbocycles. The van der Waals surface area contributed by atoms with Gasteiger partial charge in [0, 0.05) is 16.5 Å². The molecule has 1 amide bonds. The molecule has 1 aromatic carbocycles. The summed E-state index contributed by atoms with van der Waals surface area (Å²) in [7, 11) is 0. The Labute approximate surface area is 136 Å². The monoisotopic (exact) mass is 319 g/mol. The molecule has 22 heavy (non-hydrogen) atoms. The summed E-state index contributed by atoms with van der Waals surface area (Å²) in [6, 6.07) is 7.45. The van der Waals surface area contributed by atoms with Crippen molar-refractivity contribution in [2.75, 3.05) is 5.32 Å². The second kappa shape index (κ2) is 6.97. The third kappa shape index (κ3) is 3.89. The third-order valence-corrected chi connectivity index (χ3v) is 3.60. The number of carbonyl (C=O) groups excluding carboxylic acids is 1. The zero-order valence-electron chi connectivity index (χ0n) is 13.4. The molecule has 118 valence electrons. The lowest BCUT2D eigenvalue weighted by molar-refractivity contribution is -0.118. The quantitative estimate of drug-likeness (QED) is 0.851. The van der Waals surface area contributed by atoms with Crippen LogP contribution >= 0.6 is 11.6 Å². The van der Waals surface area contributed by atoms with Gasteiger partial charge in [0.25, 0.3) is 0 Å². The molecule has 0 spiro atoms. The molecule has 1 aromatic heterocycles. The highest BCUT2D eigenvalue weighted by atomic mass is 35.5. The normalized spacial score (nSPS) is 11.2. The van der Waals surface area contributed by atoms with Crippen LogP contribution in [-0.2, 0) is 11.2 Å². The highest BCUT2D eigenvalue weighted by Crippen LogP contribution is 2.31. The van der Waals surface area contributed by atoms with E-state index in [-0.39, 0.29) is 11.8 Å². The molecular weight excluding hydrogens is 298 g/mol. The molecule has 0 aliphatic heterocycles. The van der Waals surface area contributed by atoms with Crippen molar-refractivity contribution in [2.45, 2.75) is 34.1 Å². The van der Waals surface area contributed by atoms with Gasteiger partial charge in [0.05, 0.1) is 11.4 Å². The molecule has 0 atom stereocenters. The Morgan fingerprint density at radius 3 is 2.41 bits per heavy atom. The number of H-pyrrole nitrogens is 1. The summed E-state index contributed by atoms with van der Waals surface area (Å²) in [5.41, 5.74) is 3.40. The smallest absolute Gasteiger partial charge is 0.227 e. The molecule has 0 radical (unpaired) electrons. The minimum absolute atomic E-state index is 0.0124. The minimum Gasteiger partial charge on any atom is -0.322 e. The standard InChI is InChI=1S/C17H22ClN3O/c1-10(2)9-14-16(19-17(22)11(3)4)15(21-20-14)12-5-7-13(18)8-6-12/h5-8,10-11H,9H2,1-4H3,(H,19,22)(H,20,21). The maximum atomic E-state index is 12.1. The summed E-state index contributed by atoms with van der Waals surface area (Å²) in [5.74, 6) is 0.370. The number of hydrogen-bond donors (Lipinski definition) is 2. The Balaban J connectivity index is 2.42. The second-order valence-electron chi connectivity index (χ2n) is 6.17. The summed E-state index contributed by atoms with van der Waals surface area (Å²) in [4.78, 5) is 12.1. The van der Waals surface area contributed by atoms with E-state index in [2.05, 4.69) is 29.4 Å². The summed E-state index contributed by atoms with van der Waals surface area (Å²) < 4.78 is 0. The Morgan fingerprint density at radius 2 is 1.86 bits per heavy atom. The van der Waals surface area contributed by atoms with Crippen LogP contribution in [-0.4, -0.2) is 16.1 Å². The van der Waals surface area contributed by atoms with Crippen LogP contribution in [0.25, 0.3) is 11.3 Å². The number of hydrogen-bond acceptors (Lipinski definition) is 2. The van der Waals surface area contributed by atoms with Crippen molar-refractivity contribution in [3.63, 3.8) is 0 Å². The molecule has 0 saturated heterocycles. The summed E-state index contributed by atoms with van der Waals surface area (Å²) >= 11 is 5.94. The topological polar surface area (TPSA) is 57.8 Å². The van der Waals surface area contributed by atoms with E-state index < -0.39 is 0 Å². The highest BCUT2D eigenvalue weighted by molar-refractivity contribution is 6.30. The molecule has 0 saturated carbocycles. The molecule has 2 rings (SSSR count). The van der Waals surface area contributed by atoms with Crippen LogP contribution in [0, 0.1) is 11.8 Å². The zero-order chi connectivity index (χ0) is 16.3. The van der Waals surface area contributed by atoms with E-state index in [0.717, 1.165) is 29.1 Å². The van der Waals surface area contributed by atoms with Gasteiger partial charge in [0.15, 0.2) is 0 Å². The van der Waals surface area contributed by atoms with E-state index in [1.165, 1.54) is 0 Å². The van der Waals surface area contributed by atoms with Gasteiger partial charge in [-0.3, -0.25) is 9.89 Å². The number of carbonyl (C=O) groups is 1. The fourth-order valence-corrected chi connectivity index (χ4v) is 2.28. The highest BCUT2D eigenvalue weighted by Gasteiger charge is 2.19. The van der Waals surface area contributed by atoms with Crippen LogP contribution in [0.2, 0.25) is 5.02 Å². The average molecular weight is 320 g/mol. The third-order valence-electron chi connectivity index (χ3n) is 3.34. The van der Waals surface area contributed by atoms with Gasteiger partial charge in [0.2, 0.25) is 5.91 Å². The van der Waals surface area contributed by atoms with Gasteiger partial charge in [-0.1, -0.05) is 51.4 Å². The van der Waals surface area contributed by atoms with Crippen molar-refractivity contribution >= 4 is 23.2 Å². The predicted octanol–water partition coefficient (Wildman–Crippen LogP) is 4.52. The van der Waals surface area contributed by atoms with Gasteiger partial charge in [0.1, 0.15) is 5.69 Å². The Bertz CT molecular complexity index is 644. The van der Waals surface area contributed by atoms with Crippen molar-refractivity contribution in [1.82, 2.24) is 10.2 Å². The molecule has 1 heterocycles. The van der Waals surface area contributed by atoms with Crippen LogP contribution in [0.15, 0.2) is 24.3 Å². The van der Waals surface area contributed by atoms with Crippen LogP contribution in [0.4, 0.5) is 5.69 Å². The largest absolute Gasteiger partial charge is 0.322 e. The summed E-state index contributed by atoms with van der Waals surface area (Å²) in [6.07, 6.45) is 0.828. The zero-order valence-corrected chi connectivity index (χ0v) is 14.2. The van der Waals surface area contributed by atoms with E-state index in [9.17, 15) is 4.79 Å². The maximum absolute atomic E-state index is 12.1. The Kier molecular flexibility index (Phi) is 5.24. The number of aromatic nitrogens is 2. The first-order valence-electron chi connectivity index (χ1n) is 7.52. The van der Waals surface area contributed by atoms with E-state index in [1.54, 1.807) is 0 Å². The molecule has 0 aliphatic rings. The fourth-order valence-electron chi connectivity index (χ4n) is 2.15. The second-order valence-corrected chi connectivity index (χ2v) is 6.61. The number of rotatable bonds is 5. The Morgan fingerprint density at radius 1 is 1.23 bits per heavy atom. The molecule has 0 fully saturated rings. The average Bonchev–Trinajstić information content (AvgIpc) is 2.82. The fraction of sp³-hybridized carbons (Fsp3) is 0.412. The lowest BCUT2D eigenvalue weighted by Crippen LogP contribution is -2.19. The van der Waals surface area contributed by atoms with E-state index in [1.807, 2.05) is 38.1 Å². The number of amides is 1. The molecule has 0 unspecified atom stereocenters. The number of nitrogens with zero attached hydrogens (tertiary/aromatic N) is 1. The van der Waals surface area contributed by atoms with Gasteiger partial charge in [-0.25, -0.2) is 0 Å². The van der Waals surface area contributed by atoms with Crippen LogP contribution in [0.5, 0.6) is 0 Å². The van der Waals surface area contributed by atoms with E-state index >= 15 is 0 Å². The first-order chi connectivity index (χ1) is 10.4. The molecule has 4 nitrogen and oxygen atoms in total. The van der Waals surface area contributed by atoms with Gasteiger partial charge in [-0.15, -0.1) is 0 Å². The first kappa shape index (κ1) is 16.6. The predicted molar refractivity (Wildman–Crippen MR) is 91.0 cm³/mol. The van der Waals surface area contributed by atoms with Crippen molar-refractivity contribution in [1.29, 1.82) is 0 Å². The van der Waals surface area contributed by atoms with Crippen molar-refractivity contribution in [3.05, 3.63) is 35.0 Å². The van der Waals surface area contributed by atoms with Crippen LogP contribution in [0.1, 0.15) is 33.4 Å². The van der Waals surface area contributed by atoms with Crippen LogP contribution < -0.4 is 5.32 Å². The first-order valence-corrected chi connectivity index (χ1v) is 7.90. The molecule has 5 heteroatoms. The van der Waals surface area contributed by atoms with Crippen LogP contribution in [0.3, 0.4) is 0 Å². The molecular formula is C17H22ClN3O. The van der Waals surface area contributed by atoms with Gasteiger partial charge >= 0.3 is 0 Å². The van der Waals surface area contributed by atoms with Gasteiger partial charge in [-0.2, -0.15) is 5.10 Å². The van der Waals surface area contributed by atoms with Crippen molar-refractivity contribution in [3.8, 4) is 11.3 Å². The summed E-state index contributed by atoms with van der Waals surface area (Å²) in [5, 5.41) is 11.2. The molecule has 0 bridgehead atoms.